The van der Waals surface area contributed by atoms with E-state index in [1.54, 1.807) is 31.9 Å². The third-order valence-electron chi connectivity index (χ3n) is 7.37. The first-order valence-electron chi connectivity index (χ1n) is 13.4. The van der Waals surface area contributed by atoms with Crippen LogP contribution in [0.1, 0.15) is 36.6 Å². The van der Waals surface area contributed by atoms with Crippen LogP contribution in [-0.2, 0) is 20.9 Å². The lowest BCUT2D eigenvalue weighted by atomic mass is 9.96. The number of carbonyl (C=O) groups is 2. The number of rotatable bonds is 6. The molecule has 11 heteroatoms. The van der Waals surface area contributed by atoms with Gasteiger partial charge >= 0.3 is 5.97 Å². The molecule has 1 aromatic heterocycles. The van der Waals surface area contributed by atoms with Crippen molar-refractivity contribution in [2.24, 2.45) is 4.99 Å². The SMILES string of the molecule is CCOC(=O)C1=C(C)N=c2s/c(=C3\C(=O)N(Cc4ccccc4)c4ccc(Br)cc43)c(=O)n2[C@H]1c1ccc(OC)c(Br)c1. The molecule has 43 heavy (non-hydrogen) atoms. The number of allylic oxidation sites excluding steroid dienone is 1. The molecule has 0 spiro atoms. The number of hydrogen-bond donors (Lipinski definition) is 0. The Morgan fingerprint density at radius 1 is 1.05 bits per heavy atom. The number of carbonyl (C=O) groups excluding carboxylic acids is 2. The molecule has 6 rings (SSSR count). The zero-order valence-electron chi connectivity index (χ0n) is 23.4. The lowest BCUT2D eigenvalue weighted by Crippen LogP contribution is -2.41. The van der Waals surface area contributed by atoms with Crippen molar-refractivity contribution in [3.8, 4) is 5.75 Å². The van der Waals surface area contributed by atoms with Crippen LogP contribution in [-0.4, -0.2) is 30.2 Å². The summed E-state index contributed by atoms with van der Waals surface area (Å²) in [5, 5.41) is 0. The maximum atomic E-state index is 14.4. The van der Waals surface area contributed by atoms with Gasteiger partial charge in [0.25, 0.3) is 11.5 Å². The first-order valence-corrected chi connectivity index (χ1v) is 15.8. The highest BCUT2D eigenvalue weighted by Gasteiger charge is 2.37. The second-order valence-electron chi connectivity index (χ2n) is 9.93. The first kappa shape index (κ1) is 29.3. The normalized spacial score (nSPS) is 17.0. The molecule has 2 aliphatic rings. The minimum absolute atomic E-state index is 0.167. The Kier molecular flexibility index (Phi) is 7.97. The summed E-state index contributed by atoms with van der Waals surface area (Å²) in [5.74, 6) is -0.222. The number of fused-ring (bicyclic) bond motifs is 2. The number of hydrogen-bond acceptors (Lipinski definition) is 7. The van der Waals surface area contributed by atoms with Crippen molar-refractivity contribution in [3.63, 3.8) is 0 Å². The van der Waals surface area contributed by atoms with Crippen molar-refractivity contribution < 1.29 is 19.1 Å². The molecule has 218 valence electrons. The summed E-state index contributed by atoms with van der Waals surface area (Å²) in [6, 6.07) is 19.9. The largest absolute Gasteiger partial charge is 0.496 e. The van der Waals surface area contributed by atoms with Crippen LogP contribution < -0.4 is 24.5 Å². The van der Waals surface area contributed by atoms with Crippen molar-refractivity contribution >= 4 is 66.3 Å². The average Bonchev–Trinajstić information content (AvgIpc) is 3.44. The summed E-state index contributed by atoms with van der Waals surface area (Å²) in [4.78, 5) is 48.6. The quantitative estimate of drug-likeness (QED) is 0.254. The average molecular weight is 723 g/mol. The maximum absolute atomic E-state index is 14.4. The van der Waals surface area contributed by atoms with Gasteiger partial charge in [0.1, 0.15) is 10.3 Å². The Labute approximate surface area is 267 Å². The summed E-state index contributed by atoms with van der Waals surface area (Å²) in [6.45, 7) is 3.98. The molecule has 0 bridgehead atoms. The van der Waals surface area contributed by atoms with Gasteiger partial charge in [0.05, 0.1) is 53.3 Å². The minimum Gasteiger partial charge on any atom is -0.496 e. The second-order valence-corrected chi connectivity index (χ2v) is 12.7. The van der Waals surface area contributed by atoms with Gasteiger partial charge in [-0.3, -0.25) is 14.2 Å². The number of esters is 1. The number of nitrogens with zero attached hydrogens (tertiary/aromatic N) is 3. The summed E-state index contributed by atoms with van der Waals surface area (Å²) < 4.78 is 14.0. The van der Waals surface area contributed by atoms with E-state index in [0.717, 1.165) is 27.1 Å². The van der Waals surface area contributed by atoms with Crippen LogP contribution >= 0.6 is 43.2 Å². The maximum Gasteiger partial charge on any atom is 0.338 e. The van der Waals surface area contributed by atoms with Gasteiger partial charge < -0.3 is 14.4 Å². The Morgan fingerprint density at radius 2 is 1.81 bits per heavy atom. The van der Waals surface area contributed by atoms with Gasteiger partial charge in [-0.1, -0.05) is 63.7 Å². The zero-order chi connectivity index (χ0) is 30.4. The fraction of sp³-hybridized carbons (Fsp3) is 0.188. The van der Waals surface area contributed by atoms with Gasteiger partial charge in [-0.25, -0.2) is 9.79 Å². The molecular formula is C32H25Br2N3O5S. The lowest BCUT2D eigenvalue weighted by molar-refractivity contribution is -0.139. The van der Waals surface area contributed by atoms with Crippen molar-refractivity contribution in [1.82, 2.24) is 4.57 Å². The van der Waals surface area contributed by atoms with E-state index in [9.17, 15) is 14.4 Å². The third-order valence-corrected chi connectivity index (χ3v) is 9.54. The lowest BCUT2D eigenvalue weighted by Gasteiger charge is -2.25. The van der Waals surface area contributed by atoms with Crippen molar-refractivity contribution in [2.75, 3.05) is 18.6 Å². The van der Waals surface area contributed by atoms with Gasteiger partial charge in [-0.2, -0.15) is 0 Å². The highest BCUT2D eigenvalue weighted by molar-refractivity contribution is 9.10. The van der Waals surface area contributed by atoms with E-state index in [4.69, 9.17) is 9.47 Å². The zero-order valence-corrected chi connectivity index (χ0v) is 27.4. The smallest absolute Gasteiger partial charge is 0.338 e. The predicted molar refractivity (Wildman–Crippen MR) is 172 cm³/mol. The number of aromatic nitrogens is 1. The van der Waals surface area contributed by atoms with Crippen LogP contribution in [0.15, 0.2) is 96.7 Å². The molecule has 1 atom stereocenters. The summed E-state index contributed by atoms with van der Waals surface area (Å²) >= 11 is 8.22. The first-order chi connectivity index (χ1) is 20.7. The number of halogens is 2. The Hall–Kier alpha value is -3.80. The molecule has 0 aliphatic carbocycles. The molecule has 8 nitrogen and oxygen atoms in total. The number of methoxy groups -OCH3 is 1. The summed E-state index contributed by atoms with van der Waals surface area (Å²) in [6.07, 6.45) is 0. The molecular weight excluding hydrogens is 698 g/mol. The molecule has 0 unspecified atom stereocenters. The van der Waals surface area contributed by atoms with Crippen LogP contribution in [0.25, 0.3) is 5.57 Å². The molecule has 3 aromatic carbocycles. The van der Waals surface area contributed by atoms with Gasteiger partial charge in [0.15, 0.2) is 4.80 Å². The predicted octanol–water partition coefficient (Wildman–Crippen LogP) is 5.25. The molecule has 0 saturated heterocycles. The van der Waals surface area contributed by atoms with E-state index >= 15 is 0 Å². The van der Waals surface area contributed by atoms with Crippen molar-refractivity contribution in [3.05, 3.63) is 123 Å². The Bertz CT molecular complexity index is 2020. The second kappa shape index (κ2) is 11.7. The van der Waals surface area contributed by atoms with Crippen LogP contribution in [0.3, 0.4) is 0 Å². The van der Waals surface area contributed by atoms with Crippen LogP contribution in [0.2, 0.25) is 0 Å². The number of anilines is 1. The number of amides is 1. The van der Waals surface area contributed by atoms with Gasteiger partial charge in [0, 0.05) is 10.0 Å². The van der Waals surface area contributed by atoms with Crippen molar-refractivity contribution in [2.45, 2.75) is 26.4 Å². The van der Waals surface area contributed by atoms with E-state index in [1.165, 1.54) is 4.57 Å². The van der Waals surface area contributed by atoms with E-state index < -0.39 is 17.6 Å². The highest BCUT2D eigenvalue weighted by Crippen LogP contribution is 2.39. The van der Waals surface area contributed by atoms with Crippen LogP contribution in [0.4, 0.5) is 5.69 Å². The van der Waals surface area contributed by atoms with Crippen molar-refractivity contribution in [1.29, 1.82) is 0 Å². The number of thiazole rings is 1. The number of benzene rings is 3. The molecule has 2 aliphatic heterocycles. The molecule has 1 amide bonds. The monoisotopic (exact) mass is 721 g/mol. The third kappa shape index (κ3) is 5.09. The molecule has 3 heterocycles. The molecule has 0 N–H and O–H groups in total. The fourth-order valence-corrected chi connectivity index (χ4v) is 7.51. The minimum atomic E-state index is -0.828. The number of ether oxygens (including phenoxy) is 2. The topological polar surface area (TPSA) is 90.2 Å². The van der Waals surface area contributed by atoms with E-state index in [2.05, 4.69) is 36.9 Å². The Balaban J connectivity index is 1.60. The van der Waals surface area contributed by atoms with E-state index in [-0.39, 0.29) is 22.6 Å². The van der Waals surface area contributed by atoms with E-state index in [1.807, 2.05) is 60.7 Å². The summed E-state index contributed by atoms with van der Waals surface area (Å²) in [5.41, 5.74) is 3.61. The molecule has 4 aromatic rings. The van der Waals surface area contributed by atoms with Crippen LogP contribution in [0.5, 0.6) is 5.75 Å². The van der Waals surface area contributed by atoms with Gasteiger partial charge in [-0.05, 0) is 71.2 Å². The van der Waals surface area contributed by atoms with Crippen LogP contribution in [0, 0.1) is 0 Å². The van der Waals surface area contributed by atoms with Gasteiger partial charge in [-0.15, -0.1) is 0 Å². The van der Waals surface area contributed by atoms with E-state index in [0.29, 0.717) is 44.0 Å². The molecule has 0 radical (unpaired) electrons. The molecule has 0 fully saturated rings. The fourth-order valence-electron chi connectivity index (χ4n) is 5.46. The van der Waals surface area contributed by atoms with Gasteiger partial charge in [0.2, 0.25) is 0 Å². The summed E-state index contributed by atoms with van der Waals surface area (Å²) in [7, 11) is 1.56. The Morgan fingerprint density at radius 3 is 2.51 bits per heavy atom. The standard InChI is InChI=1S/C32H25Br2N3O5S/c1-4-42-31(40)25-17(2)35-32-37(27(25)19-10-13-24(41-3)22(34)14-19)30(39)28(43-32)26-21-15-20(33)11-12-23(21)36(29(26)38)16-18-8-6-5-7-9-18/h5-15,27H,4,16H2,1-3H3/b28-26-/t27-/m0/s1. The molecule has 0 saturated carbocycles. The highest BCUT2D eigenvalue weighted by atomic mass is 79.9.